The molecule has 2 rings (SSSR count). The van der Waals surface area contributed by atoms with Gasteiger partial charge in [0.1, 0.15) is 5.52 Å². The van der Waals surface area contributed by atoms with E-state index in [2.05, 4.69) is 41.4 Å². The molecule has 7 heteroatoms. The van der Waals surface area contributed by atoms with Crippen molar-refractivity contribution in [3.8, 4) is 0 Å². The lowest BCUT2D eigenvalue weighted by atomic mass is 10.1. The fourth-order valence-electron chi connectivity index (χ4n) is 2.55. The molecule has 0 fully saturated rings. The van der Waals surface area contributed by atoms with Crippen molar-refractivity contribution in [1.82, 2.24) is 19.9 Å². The molecule has 0 aliphatic heterocycles. The van der Waals surface area contributed by atoms with Crippen LogP contribution in [0, 0.1) is 0 Å². The molecular weight excluding hydrogens is 304 g/mol. The van der Waals surface area contributed by atoms with Crippen LogP contribution in [0.25, 0.3) is 11.0 Å². The Kier molecular flexibility index (Phi) is 5.35. The van der Waals surface area contributed by atoms with Crippen molar-refractivity contribution in [3.05, 3.63) is 12.5 Å². The maximum absolute atomic E-state index is 10.1. The van der Waals surface area contributed by atoms with E-state index in [1.165, 1.54) is 0 Å². The van der Waals surface area contributed by atoms with Crippen molar-refractivity contribution in [1.29, 1.82) is 0 Å². The van der Waals surface area contributed by atoms with Crippen LogP contribution in [0.1, 0.15) is 41.0 Å². The van der Waals surface area contributed by atoms with E-state index in [1.54, 1.807) is 26.4 Å². The number of hydrogen-bond acceptors (Lipinski definition) is 6. The van der Waals surface area contributed by atoms with Crippen molar-refractivity contribution in [2.24, 2.45) is 0 Å². The Bertz CT molecular complexity index is 681. The predicted octanol–water partition coefficient (Wildman–Crippen LogP) is 1.97. The molecule has 0 amide bonds. The zero-order valence-electron chi connectivity index (χ0n) is 15.3. The smallest absolute Gasteiger partial charge is 0.151 e. The Balaban J connectivity index is 2.12. The van der Waals surface area contributed by atoms with Gasteiger partial charge in [-0.25, -0.2) is 9.97 Å². The molecule has 0 radical (unpaired) electrons. The number of imidazole rings is 1. The van der Waals surface area contributed by atoms with Crippen LogP contribution in [0.4, 0.5) is 11.5 Å². The molecule has 0 saturated carbocycles. The van der Waals surface area contributed by atoms with Crippen LogP contribution < -0.4 is 16.4 Å². The van der Waals surface area contributed by atoms with Gasteiger partial charge >= 0.3 is 0 Å². The van der Waals surface area contributed by atoms with E-state index in [-0.39, 0.29) is 5.54 Å². The van der Waals surface area contributed by atoms with Crippen molar-refractivity contribution < 1.29 is 5.11 Å². The maximum atomic E-state index is 10.1. The summed E-state index contributed by atoms with van der Waals surface area (Å²) in [5.74, 6) is 0.402. The fraction of sp³-hybridized carbons (Fsp3) is 0.647. The summed E-state index contributed by atoms with van der Waals surface area (Å²) in [6.45, 7) is 12.2. The number of hydrogen-bond donors (Lipinski definition) is 4. The number of nitrogens with zero attached hydrogens (tertiary/aromatic N) is 3. The standard InChI is InChI=1S/C17H30N6O/c1-16(2,3)22-8-6-7-19-12-9-20-15(18)13-14(12)23(11-21-13)10-17(4,5)24/h9,11,19,22,24H,6-8,10H2,1-5H3,(H2,18,20). The van der Waals surface area contributed by atoms with Crippen LogP contribution in [-0.2, 0) is 6.54 Å². The Hall–Kier alpha value is -1.86. The van der Waals surface area contributed by atoms with Gasteiger partial charge in [0.15, 0.2) is 5.82 Å². The molecule has 2 heterocycles. The number of pyridine rings is 1. The quantitative estimate of drug-likeness (QED) is 0.578. The molecule has 0 atom stereocenters. The SMILES string of the molecule is CC(C)(O)Cn1cnc2c(N)ncc(NCCCNC(C)(C)C)c21. The summed E-state index contributed by atoms with van der Waals surface area (Å²) < 4.78 is 1.92. The van der Waals surface area contributed by atoms with Crippen LogP contribution in [0.5, 0.6) is 0 Å². The second kappa shape index (κ2) is 6.94. The third kappa shape index (κ3) is 5.07. The first kappa shape index (κ1) is 18.5. The highest BCUT2D eigenvalue weighted by atomic mass is 16.3. The van der Waals surface area contributed by atoms with E-state index in [0.717, 1.165) is 30.7 Å². The number of nitrogens with one attached hydrogen (secondary N) is 2. The molecule has 2 aromatic heterocycles. The summed E-state index contributed by atoms with van der Waals surface area (Å²) in [5, 5.41) is 17.0. The summed E-state index contributed by atoms with van der Waals surface area (Å²) in [6, 6.07) is 0. The topological polar surface area (TPSA) is 101 Å². The molecule has 0 aliphatic carbocycles. The minimum Gasteiger partial charge on any atom is -0.389 e. The third-order valence-corrected chi connectivity index (χ3v) is 3.55. The summed E-state index contributed by atoms with van der Waals surface area (Å²) >= 11 is 0. The molecule has 5 N–H and O–H groups in total. The van der Waals surface area contributed by atoms with E-state index in [1.807, 2.05) is 4.57 Å². The number of anilines is 2. The van der Waals surface area contributed by atoms with Gasteiger partial charge in [0.05, 0.1) is 35.9 Å². The fourth-order valence-corrected chi connectivity index (χ4v) is 2.55. The second-order valence-electron chi connectivity index (χ2n) is 7.90. The zero-order chi connectivity index (χ0) is 18.0. The zero-order valence-corrected chi connectivity index (χ0v) is 15.3. The summed E-state index contributed by atoms with van der Waals surface area (Å²) in [5.41, 5.74) is 7.66. The van der Waals surface area contributed by atoms with E-state index < -0.39 is 5.60 Å². The second-order valence-corrected chi connectivity index (χ2v) is 7.90. The number of nitrogen functional groups attached to an aromatic ring is 1. The normalized spacial score (nSPS) is 12.8. The minimum atomic E-state index is -0.834. The van der Waals surface area contributed by atoms with Gasteiger partial charge in [-0.1, -0.05) is 0 Å². The van der Waals surface area contributed by atoms with E-state index >= 15 is 0 Å². The number of rotatable bonds is 7. The summed E-state index contributed by atoms with van der Waals surface area (Å²) in [4.78, 5) is 8.57. The monoisotopic (exact) mass is 334 g/mol. The molecule has 0 saturated heterocycles. The molecular formula is C17H30N6O. The Morgan fingerprint density at radius 1 is 1.17 bits per heavy atom. The largest absolute Gasteiger partial charge is 0.389 e. The summed E-state index contributed by atoms with van der Waals surface area (Å²) in [7, 11) is 0. The Morgan fingerprint density at radius 3 is 2.50 bits per heavy atom. The molecule has 24 heavy (non-hydrogen) atoms. The maximum Gasteiger partial charge on any atom is 0.151 e. The van der Waals surface area contributed by atoms with E-state index in [9.17, 15) is 5.11 Å². The average molecular weight is 334 g/mol. The summed E-state index contributed by atoms with van der Waals surface area (Å²) in [6.07, 6.45) is 4.42. The van der Waals surface area contributed by atoms with Crippen molar-refractivity contribution in [3.63, 3.8) is 0 Å². The molecule has 7 nitrogen and oxygen atoms in total. The lowest BCUT2D eigenvalue weighted by Crippen LogP contribution is -2.36. The lowest BCUT2D eigenvalue weighted by Gasteiger charge is -2.21. The first-order valence-corrected chi connectivity index (χ1v) is 8.37. The van der Waals surface area contributed by atoms with Crippen LogP contribution in [0.2, 0.25) is 0 Å². The Morgan fingerprint density at radius 2 is 1.88 bits per heavy atom. The van der Waals surface area contributed by atoms with Gasteiger partial charge in [-0.3, -0.25) is 0 Å². The number of aromatic nitrogens is 3. The van der Waals surface area contributed by atoms with Gasteiger partial charge in [-0.05, 0) is 47.6 Å². The van der Waals surface area contributed by atoms with Crippen molar-refractivity contribution in [2.75, 3.05) is 24.1 Å². The van der Waals surface area contributed by atoms with Gasteiger partial charge in [0.25, 0.3) is 0 Å². The van der Waals surface area contributed by atoms with Crippen molar-refractivity contribution in [2.45, 2.75) is 58.7 Å². The van der Waals surface area contributed by atoms with Gasteiger partial charge < -0.3 is 26.0 Å². The molecule has 0 aliphatic rings. The molecule has 0 bridgehead atoms. The molecule has 2 aromatic rings. The van der Waals surface area contributed by atoms with Gasteiger partial charge in [-0.15, -0.1) is 0 Å². The van der Waals surface area contributed by atoms with Gasteiger partial charge in [0.2, 0.25) is 0 Å². The van der Waals surface area contributed by atoms with Gasteiger partial charge in [0, 0.05) is 12.1 Å². The highest BCUT2D eigenvalue weighted by Gasteiger charge is 2.18. The van der Waals surface area contributed by atoms with Gasteiger partial charge in [-0.2, -0.15) is 0 Å². The van der Waals surface area contributed by atoms with Crippen LogP contribution >= 0.6 is 0 Å². The van der Waals surface area contributed by atoms with E-state index in [4.69, 9.17) is 5.73 Å². The lowest BCUT2D eigenvalue weighted by molar-refractivity contribution is 0.0627. The van der Waals surface area contributed by atoms with Crippen LogP contribution in [0.15, 0.2) is 12.5 Å². The minimum absolute atomic E-state index is 0.126. The number of nitrogens with two attached hydrogens (primary N) is 1. The third-order valence-electron chi connectivity index (χ3n) is 3.55. The molecule has 0 spiro atoms. The van der Waals surface area contributed by atoms with Crippen LogP contribution in [0.3, 0.4) is 0 Å². The highest BCUT2D eigenvalue weighted by molar-refractivity contribution is 5.94. The molecule has 0 unspecified atom stereocenters. The molecule has 0 aromatic carbocycles. The highest BCUT2D eigenvalue weighted by Crippen LogP contribution is 2.26. The van der Waals surface area contributed by atoms with Crippen molar-refractivity contribution >= 4 is 22.5 Å². The number of aliphatic hydroxyl groups is 1. The number of fused-ring (bicyclic) bond motifs is 1. The predicted molar refractivity (Wildman–Crippen MR) is 99.1 cm³/mol. The Labute approximate surface area is 143 Å². The van der Waals surface area contributed by atoms with Crippen LogP contribution in [-0.4, -0.2) is 43.9 Å². The first-order chi connectivity index (χ1) is 11.1. The van der Waals surface area contributed by atoms with E-state index in [0.29, 0.717) is 17.9 Å². The first-order valence-electron chi connectivity index (χ1n) is 8.37. The average Bonchev–Trinajstić information content (AvgIpc) is 2.82. The molecule has 134 valence electrons.